The number of aromatic nitrogens is 1. The monoisotopic (exact) mass is 451 g/mol. The molecule has 7 nitrogen and oxygen atoms in total. The van der Waals surface area contributed by atoms with Gasteiger partial charge in [0, 0.05) is 6.20 Å². The van der Waals surface area contributed by atoms with E-state index in [1.807, 2.05) is 5.32 Å². The molecule has 156 valence electrons. The molecule has 0 aliphatic heterocycles. The van der Waals surface area contributed by atoms with Gasteiger partial charge in [-0.1, -0.05) is 35.3 Å². The predicted octanol–water partition coefficient (Wildman–Crippen LogP) is 3.67. The summed E-state index contributed by atoms with van der Waals surface area (Å²) in [7, 11) is 1.97. The van der Waals surface area contributed by atoms with Gasteiger partial charge in [0.2, 0.25) is 0 Å². The number of anilines is 1. The number of halogens is 5. The molecule has 0 saturated carbocycles. The van der Waals surface area contributed by atoms with Gasteiger partial charge in [-0.3, -0.25) is 4.79 Å². The number of nitrogens with one attached hydrogen (secondary N) is 2. The minimum atomic E-state index is -5.36. The fourth-order valence-corrected chi connectivity index (χ4v) is 2.73. The zero-order valence-corrected chi connectivity index (χ0v) is 16.4. The van der Waals surface area contributed by atoms with E-state index >= 15 is 0 Å². The van der Waals surface area contributed by atoms with E-state index in [9.17, 15) is 22.8 Å². The average Bonchev–Trinajstić information content (AvgIpc) is 2.67. The molecule has 2 rings (SSSR count). The zero-order valence-electron chi connectivity index (χ0n) is 14.9. The van der Waals surface area contributed by atoms with E-state index in [-0.39, 0.29) is 21.4 Å². The Hall–Kier alpha value is -2.72. The Balaban J connectivity index is 2.57. The summed E-state index contributed by atoms with van der Waals surface area (Å²) in [5.41, 5.74) is -3.95. The molecule has 1 amide bonds. The zero-order chi connectivity index (χ0) is 21.8. The summed E-state index contributed by atoms with van der Waals surface area (Å²) in [6.07, 6.45) is -4.35. The highest BCUT2D eigenvalue weighted by Gasteiger charge is 2.64. The van der Waals surface area contributed by atoms with Crippen molar-refractivity contribution < 1.29 is 32.2 Å². The third kappa shape index (κ3) is 4.65. The summed E-state index contributed by atoms with van der Waals surface area (Å²) >= 11 is 11.6. The quantitative estimate of drug-likeness (QED) is 0.514. The molecule has 0 unspecified atom stereocenters. The van der Waals surface area contributed by atoms with E-state index in [4.69, 9.17) is 27.9 Å². The lowest BCUT2D eigenvalue weighted by atomic mass is 10.1. The molecule has 1 aromatic carbocycles. The molecule has 2 aromatic rings. The molecule has 0 radical (unpaired) electrons. The number of hydrogen-bond acceptors (Lipinski definition) is 6. The first-order valence-electron chi connectivity index (χ1n) is 7.75. The van der Waals surface area contributed by atoms with Crippen molar-refractivity contribution in [1.29, 1.82) is 0 Å². The molecular weight excluding hydrogens is 438 g/mol. The highest BCUT2D eigenvalue weighted by molar-refractivity contribution is 6.36. The van der Waals surface area contributed by atoms with Crippen molar-refractivity contribution in [3.8, 4) is 5.75 Å². The Bertz CT molecular complexity index is 927. The number of alkyl halides is 3. The molecule has 0 spiro atoms. The fraction of sp³-hybridized carbons (Fsp3) is 0.235. The van der Waals surface area contributed by atoms with Crippen LogP contribution in [0.5, 0.6) is 5.75 Å². The molecular formula is C17H14Cl2F3N3O4. The van der Waals surface area contributed by atoms with Gasteiger partial charge >= 0.3 is 17.8 Å². The summed E-state index contributed by atoms with van der Waals surface area (Å²) in [4.78, 5) is 28.5. The smallest absolute Gasteiger partial charge is 0.441 e. The van der Waals surface area contributed by atoms with Crippen LogP contribution in [0.15, 0.2) is 36.5 Å². The Kier molecular flexibility index (Phi) is 6.81. The fourth-order valence-electron chi connectivity index (χ4n) is 2.30. The van der Waals surface area contributed by atoms with Gasteiger partial charge in [0.1, 0.15) is 11.6 Å². The van der Waals surface area contributed by atoms with E-state index < -0.39 is 29.5 Å². The molecule has 2 N–H and O–H groups in total. The van der Waals surface area contributed by atoms with Crippen LogP contribution in [0, 0.1) is 0 Å². The minimum Gasteiger partial charge on any atom is -0.496 e. The van der Waals surface area contributed by atoms with Crippen LogP contribution in [0.25, 0.3) is 0 Å². The lowest BCUT2D eigenvalue weighted by Crippen LogP contribution is -2.69. The number of para-hydroxylation sites is 1. The number of ether oxygens (including phenoxy) is 2. The number of rotatable bonds is 6. The first-order valence-corrected chi connectivity index (χ1v) is 8.51. The molecule has 0 aliphatic rings. The molecule has 1 heterocycles. The van der Waals surface area contributed by atoms with Crippen molar-refractivity contribution in [2.75, 3.05) is 19.5 Å². The average molecular weight is 452 g/mol. The van der Waals surface area contributed by atoms with Crippen LogP contribution in [0.2, 0.25) is 10.0 Å². The summed E-state index contributed by atoms with van der Waals surface area (Å²) < 4.78 is 51.5. The van der Waals surface area contributed by atoms with Gasteiger partial charge in [-0.05, 0) is 18.2 Å². The first-order chi connectivity index (χ1) is 13.6. The highest BCUT2D eigenvalue weighted by atomic mass is 35.5. The van der Waals surface area contributed by atoms with Gasteiger partial charge in [0.25, 0.3) is 5.91 Å². The molecule has 12 heteroatoms. The van der Waals surface area contributed by atoms with Gasteiger partial charge in [0.15, 0.2) is 0 Å². The second-order valence-corrected chi connectivity index (χ2v) is 6.35. The van der Waals surface area contributed by atoms with Gasteiger partial charge in [0.05, 0.1) is 29.8 Å². The molecule has 29 heavy (non-hydrogen) atoms. The Morgan fingerprint density at radius 3 is 2.34 bits per heavy atom. The maximum Gasteiger partial charge on any atom is 0.441 e. The number of benzene rings is 1. The maximum atomic E-state index is 14.1. The van der Waals surface area contributed by atoms with E-state index in [2.05, 4.69) is 9.72 Å². The van der Waals surface area contributed by atoms with Crippen LogP contribution in [-0.4, -0.2) is 42.9 Å². The normalized spacial score (nSPS) is 13.2. The van der Waals surface area contributed by atoms with E-state index in [0.29, 0.717) is 0 Å². The summed E-state index contributed by atoms with van der Waals surface area (Å²) in [5.74, 6) is -3.67. The van der Waals surface area contributed by atoms with Crippen molar-refractivity contribution in [1.82, 2.24) is 10.3 Å². The number of esters is 1. The second-order valence-electron chi connectivity index (χ2n) is 5.50. The molecule has 1 atom stereocenters. The number of carbonyl (C=O) groups is 2. The lowest BCUT2D eigenvalue weighted by Gasteiger charge is -2.34. The molecule has 0 bridgehead atoms. The Morgan fingerprint density at radius 2 is 1.79 bits per heavy atom. The first kappa shape index (κ1) is 22.6. The summed E-state index contributed by atoms with van der Waals surface area (Å²) in [5, 5.41) is 3.22. The van der Waals surface area contributed by atoms with Crippen molar-refractivity contribution in [2.45, 2.75) is 11.8 Å². The van der Waals surface area contributed by atoms with Crippen LogP contribution in [0.4, 0.5) is 19.0 Å². The number of methoxy groups -OCH3 is 2. The standard InChI is InChI=1S/C17H14Cl2F3N3O4/c1-28-12-6-4-3-5-10(12)14(26)25-16(15(27)29-2,17(20,21)22)24-13-11(19)7-9(18)8-23-13/h3-8H,1-2H3,(H,23,24)(H,25,26)/t16-/m0/s1. The van der Waals surface area contributed by atoms with Crippen molar-refractivity contribution in [3.05, 3.63) is 52.1 Å². The van der Waals surface area contributed by atoms with Crippen LogP contribution in [0.3, 0.4) is 0 Å². The summed E-state index contributed by atoms with van der Waals surface area (Å²) in [6.45, 7) is 0. The van der Waals surface area contributed by atoms with Crippen molar-refractivity contribution in [3.63, 3.8) is 0 Å². The second kappa shape index (κ2) is 8.75. The lowest BCUT2D eigenvalue weighted by molar-refractivity contribution is -0.203. The summed E-state index contributed by atoms with van der Waals surface area (Å²) in [6, 6.07) is 6.63. The SMILES string of the molecule is COC(=O)[C@@](NC(=O)c1ccccc1OC)(Nc1ncc(Cl)cc1Cl)C(F)(F)F. The highest BCUT2D eigenvalue weighted by Crippen LogP contribution is 2.35. The predicted molar refractivity (Wildman–Crippen MR) is 99.1 cm³/mol. The topological polar surface area (TPSA) is 89.5 Å². The molecule has 1 aromatic heterocycles. The van der Waals surface area contributed by atoms with Crippen molar-refractivity contribution in [2.24, 2.45) is 0 Å². The Morgan fingerprint density at radius 1 is 1.14 bits per heavy atom. The van der Waals surface area contributed by atoms with Crippen molar-refractivity contribution >= 4 is 40.9 Å². The van der Waals surface area contributed by atoms with Gasteiger partial charge in [-0.15, -0.1) is 0 Å². The van der Waals surface area contributed by atoms with E-state index in [0.717, 1.165) is 19.4 Å². The molecule has 0 saturated heterocycles. The van der Waals surface area contributed by atoms with E-state index in [1.165, 1.54) is 31.4 Å². The van der Waals surface area contributed by atoms with E-state index in [1.54, 1.807) is 5.32 Å². The Labute approximate surface area is 173 Å². The third-order valence-corrected chi connectivity index (χ3v) is 4.18. The maximum absolute atomic E-state index is 14.1. The van der Waals surface area contributed by atoms with Crippen LogP contribution in [-0.2, 0) is 9.53 Å². The number of hydrogen-bond donors (Lipinski definition) is 2. The van der Waals surface area contributed by atoms with Gasteiger partial charge in [-0.25, -0.2) is 9.78 Å². The van der Waals surface area contributed by atoms with Gasteiger partial charge < -0.3 is 20.1 Å². The van der Waals surface area contributed by atoms with Crippen LogP contribution < -0.4 is 15.4 Å². The van der Waals surface area contributed by atoms with Gasteiger partial charge in [-0.2, -0.15) is 13.2 Å². The minimum absolute atomic E-state index is 0.00593. The van der Waals surface area contributed by atoms with Crippen LogP contribution >= 0.6 is 23.2 Å². The largest absolute Gasteiger partial charge is 0.496 e. The number of nitrogens with zero attached hydrogens (tertiary/aromatic N) is 1. The molecule has 0 aliphatic carbocycles. The molecule has 0 fully saturated rings. The number of amides is 1. The van der Waals surface area contributed by atoms with Crippen LogP contribution in [0.1, 0.15) is 10.4 Å². The number of pyridine rings is 1. The third-order valence-electron chi connectivity index (χ3n) is 3.68. The number of carbonyl (C=O) groups excluding carboxylic acids is 2.